The van der Waals surface area contributed by atoms with Crippen molar-refractivity contribution in [2.24, 2.45) is 7.05 Å². The van der Waals surface area contributed by atoms with Gasteiger partial charge in [-0.25, -0.2) is 4.39 Å². The van der Waals surface area contributed by atoms with E-state index in [2.05, 4.69) is 16.9 Å². The first-order chi connectivity index (χ1) is 13.0. The lowest BCUT2D eigenvalue weighted by Crippen LogP contribution is -2.40. The quantitative estimate of drug-likeness (QED) is 0.734. The predicted molar refractivity (Wildman–Crippen MR) is 105 cm³/mol. The van der Waals surface area contributed by atoms with Gasteiger partial charge in [0.15, 0.2) is 0 Å². The van der Waals surface area contributed by atoms with Crippen LogP contribution in [0.3, 0.4) is 0 Å². The fraction of sp³-hybridized carbons (Fsp3) is 0.545. The van der Waals surface area contributed by atoms with Crippen LogP contribution < -0.4 is 0 Å². The molecule has 4 nitrogen and oxygen atoms in total. The topological polar surface area (TPSA) is 38.1 Å². The third-order valence-electron chi connectivity index (χ3n) is 5.89. The van der Waals surface area contributed by atoms with Gasteiger partial charge in [0.05, 0.1) is 5.69 Å². The Labute approximate surface area is 161 Å². The van der Waals surface area contributed by atoms with Crippen LogP contribution in [0.25, 0.3) is 0 Å². The van der Waals surface area contributed by atoms with Crippen molar-refractivity contribution in [1.29, 1.82) is 0 Å². The minimum Gasteiger partial charge on any atom is -0.339 e. The molecule has 2 aromatic rings. The van der Waals surface area contributed by atoms with E-state index in [9.17, 15) is 9.18 Å². The summed E-state index contributed by atoms with van der Waals surface area (Å²) in [7, 11) is 1.95. The molecular weight excluding hydrogens is 341 g/mol. The third kappa shape index (κ3) is 4.76. The molecule has 27 heavy (non-hydrogen) atoms. The van der Waals surface area contributed by atoms with Gasteiger partial charge in [-0.3, -0.25) is 9.48 Å². The molecule has 1 heterocycles. The monoisotopic (exact) mass is 371 g/mol. The zero-order chi connectivity index (χ0) is 19.4. The lowest BCUT2D eigenvalue weighted by atomic mass is 10.1. The number of hydrogen-bond donors (Lipinski definition) is 0. The first kappa shape index (κ1) is 19.6. The highest BCUT2D eigenvalue weighted by molar-refractivity contribution is 5.77. The van der Waals surface area contributed by atoms with E-state index in [4.69, 9.17) is 0 Å². The van der Waals surface area contributed by atoms with E-state index in [1.165, 1.54) is 30.5 Å². The molecule has 3 rings (SSSR count). The molecule has 1 fully saturated rings. The molecule has 1 aliphatic rings. The van der Waals surface area contributed by atoms with Crippen LogP contribution in [0.1, 0.15) is 54.6 Å². The highest BCUT2D eigenvalue weighted by Gasteiger charge is 2.26. The van der Waals surface area contributed by atoms with E-state index >= 15 is 0 Å². The van der Waals surface area contributed by atoms with Gasteiger partial charge in [-0.15, -0.1) is 0 Å². The van der Waals surface area contributed by atoms with Crippen LogP contribution in [0.2, 0.25) is 0 Å². The molecule has 0 radical (unpaired) electrons. The molecule has 0 aliphatic heterocycles. The molecule has 1 aromatic heterocycles. The van der Waals surface area contributed by atoms with E-state index in [1.807, 2.05) is 30.8 Å². The highest BCUT2D eigenvalue weighted by Crippen LogP contribution is 2.25. The van der Waals surface area contributed by atoms with Crippen LogP contribution in [0.15, 0.2) is 24.3 Å². The summed E-state index contributed by atoms with van der Waals surface area (Å²) in [5.41, 5.74) is 4.42. The summed E-state index contributed by atoms with van der Waals surface area (Å²) in [4.78, 5) is 15.1. The largest absolute Gasteiger partial charge is 0.339 e. The first-order valence-corrected chi connectivity index (χ1v) is 9.98. The second kappa shape index (κ2) is 8.68. The van der Waals surface area contributed by atoms with Gasteiger partial charge in [-0.05, 0) is 62.8 Å². The Bertz CT molecular complexity index is 776. The van der Waals surface area contributed by atoms with E-state index in [0.29, 0.717) is 19.0 Å². The molecule has 0 spiro atoms. The zero-order valence-electron chi connectivity index (χ0n) is 16.7. The molecule has 0 N–H and O–H groups in total. The summed E-state index contributed by atoms with van der Waals surface area (Å²) >= 11 is 0. The highest BCUT2D eigenvalue weighted by atomic mass is 19.1. The summed E-state index contributed by atoms with van der Waals surface area (Å²) in [6.45, 7) is 4.78. The van der Waals surface area contributed by atoms with E-state index < -0.39 is 0 Å². The van der Waals surface area contributed by atoms with Crippen molar-refractivity contribution in [2.75, 3.05) is 6.54 Å². The van der Waals surface area contributed by atoms with E-state index in [-0.39, 0.29) is 11.7 Å². The number of hydrogen-bond acceptors (Lipinski definition) is 2. The number of benzene rings is 1. The molecular formula is C22H30FN3O. The Balaban J connectivity index is 1.64. The third-order valence-corrected chi connectivity index (χ3v) is 5.89. The van der Waals surface area contributed by atoms with E-state index in [0.717, 1.165) is 42.6 Å². The number of carbonyl (C=O) groups is 1. The lowest BCUT2D eigenvalue weighted by Gasteiger charge is -2.29. The predicted octanol–water partition coefficient (Wildman–Crippen LogP) is 4.12. The summed E-state index contributed by atoms with van der Waals surface area (Å²) in [5, 5.41) is 4.46. The normalized spacial score (nSPS) is 14.7. The van der Waals surface area contributed by atoms with Crippen molar-refractivity contribution in [3.63, 3.8) is 0 Å². The van der Waals surface area contributed by atoms with Gasteiger partial charge in [0.25, 0.3) is 0 Å². The summed E-state index contributed by atoms with van der Waals surface area (Å²) in [5.74, 6) is 0.0105. The number of aryl methyl sites for hydroxylation is 2. The number of halogens is 1. The molecule has 146 valence electrons. The number of rotatable bonds is 7. The van der Waals surface area contributed by atoms with Crippen molar-refractivity contribution >= 4 is 5.91 Å². The van der Waals surface area contributed by atoms with Crippen molar-refractivity contribution in [2.45, 2.75) is 64.8 Å². The van der Waals surface area contributed by atoms with Crippen molar-refractivity contribution in [3.8, 4) is 0 Å². The minimum atomic E-state index is -0.218. The fourth-order valence-corrected chi connectivity index (χ4v) is 4.18. The minimum absolute atomic E-state index is 0.218. The maximum absolute atomic E-state index is 13.1. The number of aromatic nitrogens is 2. The molecule has 5 heteroatoms. The standard InChI is InChI=1S/C22H30FN3O/c1-16-21(17(2)25(3)24-16)12-13-22(27)26(20-6-4-5-7-20)15-14-18-8-10-19(23)11-9-18/h8-11,20H,4-7,12-15H2,1-3H3. The van der Waals surface area contributed by atoms with E-state index in [1.54, 1.807) is 0 Å². The van der Waals surface area contributed by atoms with Crippen LogP contribution in [0, 0.1) is 19.7 Å². The van der Waals surface area contributed by atoms with Crippen LogP contribution in [-0.2, 0) is 24.7 Å². The average molecular weight is 372 g/mol. The maximum Gasteiger partial charge on any atom is 0.223 e. The van der Waals surface area contributed by atoms with Gasteiger partial charge in [0.2, 0.25) is 5.91 Å². The smallest absolute Gasteiger partial charge is 0.223 e. The molecule has 0 saturated heterocycles. The van der Waals surface area contributed by atoms with Gasteiger partial charge in [0.1, 0.15) is 5.82 Å². The van der Waals surface area contributed by atoms with Crippen molar-refractivity contribution in [3.05, 3.63) is 52.6 Å². The molecule has 0 bridgehead atoms. The SMILES string of the molecule is Cc1nn(C)c(C)c1CCC(=O)N(CCc1ccc(F)cc1)C1CCCC1. The van der Waals surface area contributed by atoms with Gasteiger partial charge in [0, 0.05) is 31.7 Å². The Kier molecular flexibility index (Phi) is 6.30. The zero-order valence-corrected chi connectivity index (χ0v) is 16.7. The summed E-state index contributed by atoms with van der Waals surface area (Å²) in [6, 6.07) is 6.97. The number of carbonyl (C=O) groups excluding carboxylic acids is 1. The lowest BCUT2D eigenvalue weighted by molar-refractivity contribution is -0.133. The number of nitrogens with zero attached hydrogens (tertiary/aromatic N) is 3. The van der Waals surface area contributed by atoms with Crippen LogP contribution in [0.5, 0.6) is 0 Å². The van der Waals surface area contributed by atoms with Crippen LogP contribution in [0.4, 0.5) is 4.39 Å². The molecule has 1 amide bonds. The second-order valence-electron chi connectivity index (χ2n) is 7.67. The summed E-state index contributed by atoms with van der Waals surface area (Å²) < 4.78 is 15.0. The molecule has 0 unspecified atom stereocenters. The van der Waals surface area contributed by atoms with Crippen LogP contribution in [-0.4, -0.2) is 33.2 Å². The Morgan fingerprint density at radius 1 is 1.19 bits per heavy atom. The number of amides is 1. The van der Waals surface area contributed by atoms with Gasteiger partial charge < -0.3 is 4.90 Å². The van der Waals surface area contributed by atoms with Crippen molar-refractivity contribution in [1.82, 2.24) is 14.7 Å². The van der Waals surface area contributed by atoms with Crippen molar-refractivity contribution < 1.29 is 9.18 Å². The summed E-state index contributed by atoms with van der Waals surface area (Å²) in [6.07, 6.45) is 6.63. The Hall–Kier alpha value is -2.17. The maximum atomic E-state index is 13.1. The van der Waals surface area contributed by atoms with Crippen LogP contribution >= 0.6 is 0 Å². The van der Waals surface area contributed by atoms with Gasteiger partial charge in [-0.1, -0.05) is 25.0 Å². The van der Waals surface area contributed by atoms with Gasteiger partial charge in [-0.2, -0.15) is 5.10 Å². The molecule has 1 aliphatic carbocycles. The Morgan fingerprint density at radius 3 is 2.44 bits per heavy atom. The molecule has 1 saturated carbocycles. The van der Waals surface area contributed by atoms with Gasteiger partial charge >= 0.3 is 0 Å². The molecule has 1 aromatic carbocycles. The molecule has 0 atom stereocenters. The second-order valence-corrected chi connectivity index (χ2v) is 7.67. The Morgan fingerprint density at radius 2 is 1.85 bits per heavy atom. The average Bonchev–Trinajstić information content (AvgIpc) is 3.25. The first-order valence-electron chi connectivity index (χ1n) is 9.98. The fourth-order valence-electron chi connectivity index (χ4n) is 4.18.